The number of hydrogen-bond donors (Lipinski definition) is 1. The van der Waals surface area contributed by atoms with Gasteiger partial charge >= 0.3 is 0 Å². The smallest absolute Gasteiger partial charge is 0.225 e. The molecule has 0 aliphatic rings. The van der Waals surface area contributed by atoms with Gasteiger partial charge < -0.3 is 10.1 Å². The molecule has 1 amide bonds. The van der Waals surface area contributed by atoms with E-state index in [1.807, 2.05) is 31.2 Å². The van der Waals surface area contributed by atoms with Crippen LogP contribution in [0.25, 0.3) is 10.8 Å². The largest absolute Gasteiger partial charge is 0.496 e. The minimum atomic E-state index is -0.134. The molecule has 138 valence electrons. The molecule has 1 atom stereocenters. The summed E-state index contributed by atoms with van der Waals surface area (Å²) >= 11 is 0. The number of hydrogen-bond acceptors (Lipinski definition) is 3. The Morgan fingerprint density at radius 3 is 2.52 bits per heavy atom. The Kier molecular flexibility index (Phi) is 5.55. The van der Waals surface area contributed by atoms with E-state index in [0.29, 0.717) is 16.9 Å². The normalized spacial score (nSPS) is 11.8. The van der Waals surface area contributed by atoms with Crippen LogP contribution in [0.5, 0.6) is 5.75 Å². The molecule has 0 saturated heterocycles. The minimum absolute atomic E-state index is 0.0385. The Hall–Kier alpha value is -3.14. The Labute approximate surface area is 159 Å². The summed E-state index contributed by atoms with van der Waals surface area (Å²) in [6.07, 6.45) is 0.152. The number of amides is 1. The molecule has 0 bridgehead atoms. The molecular weight excluding hydrogens is 338 g/mol. The Bertz CT molecular complexity index is 989. The molecule has 3 aromatic carbocycles. The van der Waals surface area contributed by atoms with Gasteiger partial charge in [0.05, 0.1) is 19.6 Å². The second kappa shape index (κ2) is 8.04. The zero-order valence-electron chi connectivity index (χ0n) is 15.8. The van der Waals surface area contributed by atoms with E-state index in [1.165, 1.54) is 6.92 Å². The first-order valence-electron chi connectivity index (χ1n) is 8.94. The summed E-state index contributed by atoms with van der Waals surface area (Å²) in [6.45, 7) is 3.48. The van der Waals surface area contributed by atoms with E-state index in [2.05, 4.69) is 23.5 Å². The second-order valence-electron chi connectivity index (χ2n) is 6.62. The third-order valence-corrected chi connectivity index (χ3v) is 4.71. The summed E-state index contributed by atoms with van der Waals surface area (Å²) in [5.74, 6) is 0.450. The van der Waals surface area contributed by atoms with Crippen molar-refractivity contribution in [3.8, 4) is 5.75 Å². The maximum atomic E-state index is 12.6. The van der Waals surface area contributed by atoms with Crippen molar-refractivity contribution in [2.75, 3.05) is 7.11 Å². The monoisotopic (exact) mass is 361 g/mol. The van der Waals surface area contributed by atoms with Crippen LogP contribution < -0.4 is 10.1 Å². The van der Waals surface area contributed by atoms with Crippen molar-refractivity contribution in [2.24, 2.45) is 0 Å². The Balaban J connectivity index is 1.79. The van der Waals surface area contributed by atoms with Gasteiger partial charge in [-0.05, 0) is 48.4 Å². The van der Waals surface area contributed by atoms with Gasteiger partial charge in [0.2, 0.25) is 5.91 Å². The van der Waals surface area contributed by atoms with Gasteiger partial charge in [0, 0.05) is 11.1 Å². The maximum Gasteiger partial charge on any atom is 0.225 e. The zero-order chi connectivity index (χ0) is 19.4. The predicted molar refractivity (Wildman–Crippen MR) is 107 cm³/mol. The standard InChI is InChI=1S/C23H23NO3/c1-15(20-10-6-8-17-7-4-5-9-21(17)20)24-23(26)14-19-13-18(16(2)25)11-12-22(19)27-3/h4-13,15H,14H2,1-3H3,(H,24,26)/t15-/m0/s1. The van der Waals surface area contributed by atoms with Gasteiger partial charge in [-0.1, -0.05) is 42.5 Å². The van der Waals surface area contributed by atoms with Crippen molar-refractivity contribution in [2.45, 2.75) is 26.3 Å². The van der Waals surface area contributed by atoms with Crippen molar-refractivity contribution >= 4 is 22.5 Å². The summed E-state index contributed by atoms with van der Waals surface area (Å²) in [5.41, 5.74) is 2.35. The van der Waals surface area contributed by atoms with Crippen LogP contribution in [0.1, 0.15) is 41.4 Å². The lowest BCUT2D eigenvalue weighted by molar-refractivity contribution is -0.121. The van der Waals surface area contributed by atoms with Crippen LogP contribution in [-0.4, -0.2) is 18.8 Å². The van der Waals surface area contributed by atoms with E-state index >= 15 is 0 Å². The topological polar surface area (TPSA) is 55.4 Å². The molecule has 27 heavy (non-hydrogen) atoms. The SMILES string of the molecule is COc1ccc(C(C)=O)cc1CC(=O)N[C@@H](C)c1cccc2ccccc12. The van der Waals surface area contributed by atoms with Crippen LogP contribution in [-0.2, 0) is 11.2 Å². The molecule has 3 rings (SSSR count). The number of carbonyl (C=O) groups excluding carboxylic acids is 2. The molecule has 1 N–H and O–H groups in total. The quantitative estimate of drug-likeness (QED) is 0.659. The van der Waals surface area contributed by atoms with Crippen molar-refractivity contribution in [1.82, 2.24) is 5.32 Å². The number of Topliss-reactive ketones (excluding diaryl/α,β-unsaturated/α-hetero) is 1. The van der Waals surface area contributed by atoms with Gasteiger partial charge in [-0.25, -0.2) is 0 Å². The summed E-state index contributed by atoms with van der Waals surface area (Å²) in [4.78, 5) is 24.3. The third-order valence-electron chi connectivity index (χ3n) is 4.71. The van der Waals surface area contributed by atoms with E-state index in [1.54, 1.807) is 25.3 Å². The summed E-state index contributed by atoms with van der Waals surface area (Å²) < 4.78 is 5.34. The van der Waals surface area contributed by atoms with E-state index < -0.39 is 0 Å². The van der Waals surface area contributed by atoms with Crippen molar-refractivity contribution < 1.29 is 14.3 Å². The van der Waals surface area contributed by atoms with Gasteiger partial charge in [0.1, 0.15) is 5.75 Å². The number of rotatable bonds is 6. The van der Waals surface area contributed by atoms with Crippen LogP contribution in [0.15, 0.2) is 60.7 Å². The molecule has 0 radical (unpaired) electrons. The lowest BCUT2D eigenvalue weighted by Gasteiger charge is -2.17. The molecule has 0 spiro atoms. The first-order valence-corrected chi connectivity index (χ1v) is 8.94. The number of nitrogens with one attached hydrogen (secondary N) is 1. The van der Waals surface area contributed by atoms with E-state index in [-0.39, 0.29) is 24.2 Å². The molecule has 0 saturated carbocycles. The number of fused-ring (bicyclic) bond motifs is 1. The van der Waals surface area contributed by atoms with Crippen LogP contribution in [0.3, 0.4) is 0 Å². The molecular formula is C23H23NO3. The third kappa shape index (κ3) is 4.17. The van der Waals surface area contributed by atoms with E-state index in [9.17, 15) is 9.59 Å². The number of benzene rings is 3. The zero-order valence-corrected chi connectivity index (χ0v) is 15.8. The molecule has 0 aromatic heterocycles. The highest BCUT2D eigenvalue weighted by Gasteiger charge is 2.15. The maximum absolute atomic E-state index is 12.6. The fourth-order valence-electron chi connectivity index (χ4n) is 3.31. The first kappa shape index (κ1) is 18.6. The molecule has 3 aromatic rings. The average Bonchev–Trinajstić information content (AvgIpc) is 2.67. The van der Waals surface area contributed by atoms with Crippen LogP contribution in [0.2, 0.25) is 0 Å². The van der Waals surface area contributed by atoms with Crippen LogP contribution in [0, 0.1) is 0 Å². The number of methoxy groups -OCH3 is 1. The molecule has 4 nitrogen and oxygen atoms in total. The average molecular weight is 361 g/mol. The Morgan fingerprint density at radius 2 is 1.78 bits per heavy atom. The van der Waals surface area contributed by atoms with Crippen molar-refractivity contribution in [3.63, 3.8) is 0 Å². The minimum Gasteiger partial charge on any atom is -0.496 e. The lowest BCUT2D eigenvalue weighted by atomic mass is 9.99. The molecule has 0 heterocycles. The number of carbonyl (C=O) groups is 2. The number of ether oxygens (including phenoxy) is 1. The van der Waals surface area contributed by atoms with Crippen LogP contribution >= 0.6 is 0 Å². The van der Waals surface area contributed by atoms with E-state index in [4.69, 9.17) is 4.74 Å². The van der Waals surface area contributed by atoms with Crippen molar-refractivity contribution in [1.29, 1.82) is 0 Å². The molecule has 0 aliphatic heterocycles. The van der Waals surface area contributed by atoms with Gasteiger partial charge in [0.25, 0.3) is 0 Å². The first-order chi connectivity index (χ1) is 13.0. The summed E-state index contributed by atoms with van der Waals surface area (Å²) in [7, 11) is 1.56. The predicted octanol–water partition coefficient (Wildman–Crippen LogP) is 4.47. The fourth-order valence-corrected chi connectivity index (χ4v) is 3.31. The highest BCUT2D eigenvalue weighted by atomic mass is 16.5. The Morgan fingerprint density at radius 1 is 1.04 bits per heavy atom. The van der Waals surface area contributed by atoms with Crippen LogP contribution in [0.4, 0.5) is 0 Å². The molecule has 4 heteroatoms. The highest BCUT2D eigenvalue weighted by Crippen LogP contribution is 2.25. The number of ketones is 1. The van der Waals surface area contributed by atoms with Gasteiger partial charge in [-0.2, -0.15) is 0 Å². The van der Waals surface area contributed by atoms with Crippen molar-refractivity contribution in [3.05, 3.63) is 77.4 Å². The summed E-state index contributed by atoms with van der Waals surface area (Å²) in [5, 5.41) is 5.33. The second-order valence-corrected chi connectivity index (χ2v) is 6.62. The van der Waals surface area contributed by atoms with Gasteiger partial charge in [-0.3, -0.25) is 9.59 Å². The molecule has 0 unspecified atom stereocenters. The van der Waals surface area contributed by atoms with Gasteiger partial charge in [-0.15, -0.1) is 0 Å². The molecule has 0 fully saturated rings. The lowest BCUT2D eigenvalue weighted by Crippen LogP contribution is -2.28. The fraction of sp³-hybridized carbons (Fsp3) is 0.217. The molecule has 0 aliphatic carbocycles. The summed E-state index contributed by atoms with van der Waals surface area (Å²) in [6, 6.07) is 19.2. The van der Waals surface area contributed by atoms with Gasteiger partial charge in [0.15, 0.2) is 5.78 Å². The van der Waals surface area contributed by atoms with E-state index in [0.717, 1.165) is 16.3 Å². The highest BCUT2D eigenvalue weighted by molar-refractivity contribution is 5.95.